The van der Waals surface area contributed by atoms with E-state index in [0.717, 1.165) is 17.7 Å². The number of nitrogens with two attached hydrogens (primary N) is 1. The standard InChI is InChI=1S/C20H24N4O/c1-2-22-19(25)17-8-3-5-14(11-17)13-23-20(21)24-18-10-9-15-6-4-7-16(15)12-18/h3,5,8-12H,2,4,6-7,13H2,1H3,(H,22,25)(H3,21,23,24). The third kappa shape index (κ3) is 4.38. The average molecular weight is 336 g/mol. The van der Waals surface area contributed by atoms with Gasteiger partial charge in [-0.25, -0.2) is 4.99 Å². The first-order valence-corrected chi connectivity index (χ1v) is 8.71. The third-order valence-corrected chi connectivity index (χ3v) is 4.33. The van der Waals surface area contributed by atoms with Gasteiger partial charge >= 0.3 is 0 Å². The van der Waals surface area contributed by atoms with Crippen LogP contribution < -0.4 is 16.4 Å². The lowest BCUT2D eigenvalue weighted by atomic mass is 10.1. The van der Waals surface area contributed by atoms with Gasteiger partial charge in [-0.1, -0.05) is 18.2 Å². The number of hydrogen-bond donors (Lipinski definition) is 3. The highest BCUT2D eigenvalue weighted by molar-refractivity contribution is 5.94. The lowest BCUT2D eigenvalue weighted by molar-refractivity contribution is 0.0955. The zero-order valence-corrected chi connectivity index (χ0v) is 14.5. The molecule has 0 radical (unpaired) electrons. The summed E-state index contributed by atoms with van der Waals surface area (Å²) in [6, 6.07) is 13.8. The predicted molar refractivity (Wildman–Crippen MR) is 102 cm³/mol. The van der Waals surface area contributed by atoms with Crippen molar-refractivity contribution in [1.82, 2.24) is 5.32 Å². The molecule has 4 N–H and O–H groups in total. The molecular weight excluding hydrogens is 312 g/mol. The first-order valence-electron chi connectivity index (χ1n) is 8.71. The lowest BCUT2D eigenvalue weighted by Gasteiger charge is -2.08. The van der Waals surface area contributed by atoms with E-state index in [1.165, 1.54) is 24.0 Å². The van der Waals surface area contributed by atoms with Crippen molar-refractivity contribution in [3.05, 3.63) is 64.7 Å². The summed E-state index contributed by atoms with van der Waals surface area (Å²) < 4.78 is 0. The molecule has 1 amide bonds. The van der Waals surface area contributed by atoms with Gasteiger partial charge in [0.2, 0.25) is 0 Å². The first-order chi connectivity index (χ1) is 12.2. The molecule has 0 spiro atoms. The molecule has 25 heavy (non-hydrogen) atoms. The monoisotopic (exact) mass is 336 g/mol. The van der Waals surface area contributed by atoms with Crippen molar-refractivity contribution in [1.29, 1.82) is 0 Å². The lowest BCUT2D eigenvalue weighted by Crippen LogP contribution is -2.23. The third-order valence-electron chi connectivity index (χ3n) is 4.33. The Bertz CT molecular complexity index is 798. The molecule has 1 aliphatic rings. The van der Waals surface area contributed by atoms with E-state index in [9.17, 15) is 4.79 Å². The van der Waals surface area contributed by atoms with E-state index < -0.39 is 0 Å². The Morgan fingerprint density at radius 1 is 1.16 bits per heavy atom. The number of aliphatic imine (C=N–C) groups is 1. The van der Waals surface area contributed by atoms with E-state index in [1.54, 1.807) is 6.07 Å². The summed E-state index contributed by atoms with van der Waals surface area (Å²) in [5.74, 6) is 0.305. The topological polar surface area (TPSA) is 79.5 Å². The zero-order valence-electron chi connectivity index (χ0n) is 14.5. The number of nitrogens with zero attached hydrogens (tertiary/aromatic N) is 1. The molecule has 0 aliphatic heterocycles. The van der Waals surface area contributed by atoms with Crippen LogP contribution in [0.1, 0.15) is 40.4 Å². The number of benzene rings is 2. The molecule has 1 aliphatic carbocycles. The number of aryl methyl sites for hydroxylation is 2. The molecular formula is C20H24N4O. The molecule has 0 fully saturated rings. The van der Waals surface area contributed by atoms with Crippen molar-refractivity contribution in [3.8, 4) is 0 Å². The molecule has 5 heteroatoms. The van der Waals surface area contributed by atoms with Gasteiger partial charge in [-0.2, -0.15) is 0 Å². The van der Waals surface area contributed by atoms with Gasteiger partial charge in [-0.15, -0.1) is 0 Å². The number of guanidine groups is 1. The number of anilines is 1. The van der Waals surface area contributed by atoms with Crippen LogP contribution in [0.15, 0.2) is 47.5 Å². The molecule has 2 aromatic rings. The highest BCUT2D eigenvalue weighted by atomic mass is 16.1. The summed E-state index contributed by atoms with van der Waals surface area (Å²) in [7, 11) is 0. The summed E-state index contributed by atoms with van der Waals surface area (Å²) >= 11 is 0. The van der Waals surface area contributed by atoms with Gasteiger partial charge in [-0.3, -0.25) is 4.79 Å². The van der Waals surface area contributed by atoms with Gasteiger partial charge in [0, 0.05) is 17.8 Å². The molecule has 2 aromatic carbocycles. The number of rotatable bonds is 5. The van der Waals surface area contributed by atoms with Gasteiger partial charge < -0.3 is 16.4 Å². The first kappa shape index (κ1) is 17.0. The van der Waals surface area contributed by atoms with Crippen LogP contribution in [0.4, 0.5) is 5.69 Å². The Hall–Kier alpha value is -2.82. The maximum atomic E-state index is 11.9. The van der Waals surface area contributed by atoms with Crippen LogP contribution >= 0.6 is 0 Å². The minimum atomic E-state index is -0.0717. The molecule has 0 bridgehead atoms. The molecule has 130 valence electrons. The summed E-state index contributed by atoms with van der Waals surface area (Å²) in [4.78, 5) is 16.3. The molecule has 0 saturated heterocycles. The molecule has 0 aromatic heterocycles. The number of carbonyl (C=O) groups is 1. The summed E-state index contributed by atoms with van der Waals surface area (Å²) in [6.45, 7) is 2.94. The van der Waals surface area contributed by atoms with Crippen molar-refractivity contribution in [2.45, 2.75) is 32.7 Å². The second kappa shape index (κ2) is 7.83. The molecule has 0 unspecified atom stereocenters. The van der Waals surface area contributed by atoms with E-state index in [1.807, 2.05) is 31.2 Å². The predicted octanol–water partition coefficient (Wildman–Crippen LogP) is 2.85. The number of carbonyl (C=O) groups excluding carboxylic acids is 1. The van der Waals surface area contributed by atoms with Gasteiger partial charge in [0.05, 0.1) is 6.54 Å². The van der Waals surface area contributed by atoms with Gasteiger partial charge in [0.25, 0.3) is 5.91 Å². The molecule has 3 rings (SSSR count). The minimum absolute atomic E-state index is 0.0717. The minimum Gasteiger partial charge on any atom is -0.370 e. The van der Waals surface area contributed by atoms with Crippen LogP contribution in [-0.2, 0) is 19.4 Å². The van der Waals surface area contributed by atoms with Gasteiger partial charge in [0.1, 0.15) is 0 Å². The number of nitrogens with one attached hydrogen (secondary N) is 2. The van der Waals surface area contributed by atoms with Crippen molar-refractivity contribution in [3.63, 3.8) is 0 Å². The quantitative estimate of drug-likeness (QED) is 0.580. The number of amides is 1. The van der Waals surface area contributed by atoms with Crippen LogP contribution in [0.3, 0.4) is 0 Å². The number of fused-ring (bicyclic) bond motifs is 1. The normalized spacial score (nSPS) is 13.4. The SMILES string of the molecule is CCNC(=O)c1cccc(CN=C(N)Nc2ccc3c(c2)CCC3)c1. The molecule has 0 heterocycles. The van der Waals surface area contributed by atoms with Crippen molar-refractivity contribution < 1.29 is 4.79 Å². The van der Waals surface area contributed by atoms with Crippen LogP contribution in [0, 0.1) is 0 Å². The van der Waals surface area contributed by atoms with E-state index in [4.69, 9.17) is 5.73 Å². The van der Waals surface area contributed by atoms with Crippen molar-refractivity contribution in [2.24, 2.45) is 10.7 Å². The Morgan fingerprint density at radius 2 is 2.00 bits per heavy atom. The van der Waals surface area contributed by atoms with Crippen molar-refractivity contribution in [2.75, 3.05) is 11.9 Å². The fraction of sp³-hybridized carbons (Fsp3) is 0.300. The zero-order chi connectivity index (χ0) is 17.6. The molecule has 5 nitrogen and oxygen atoms in total. The Balaban J connectivity index is 1.63. The van der Waals surface area contributed by atoms with E-state index >= 15 is 0 Å². The summed E-state index contributed by atoms with van der Waals surface area (Å²) in [5.41, 5.74) is 11.4. The van der Waals surface area contributed by atoms with E-state index in [-0.39, 0.29) is 5.91 Å². The molecule has 0 saturated carbocycles. The Morgan fingerprint density at radius 3 is 2.84 bits per heavy atom. The molecule has 0 atom stereocenters. The fourth-order valence-corrected chi connectivity index (χ4v) is 3.09. The largest absolute Gasteiger partial charge is 0.370 e. The second-order valence-corrected chi connectivity index (χ2v) is 6.22. The second-order valence-electron chi connectivity index (χ2n) is 6.22. The highest BCUT2D eigenvalue weighted by Gasteiger charge is 2.11. The van der Waals surface area contributed by atoms with Gasteiger partial charge in [-0.05, 0) is 67.1 Å². The van der Waals surface area contributed by atoms with Crippen LogP contribution in [-0.4, -0.2) is 18.4 Å². The van der Waals surface area contributed by atoms with Crippen molar-refractivity contribution >= 4 is 17.6 Å². The summed E-state index contributed by atoms with van der Waals surface area (Å²) in [5, 5.41) is 5.94. The maximum Gasteiger partial charge on any atom is 0.251 e. The Labute approximate surface area is 148 Å². The fourth-order valence-electron chi connectivity index (χ4n) is 3.09. The van der Waals surface area contributed by atoms with Crippen LogP contribution in [0.2, 0.25) is 0 Å². The Kier molecular flexibility index (Phi) is 5.33. The van der Waals surface area contributed by atoms with Gasteiger partial charge in [0.15, 0.2) is 5.96 Å². The highest BCUT2D eigenvalue weighted by Crippen LogP contribution is 2.24. The summed E-state index contributed by atoms with van der Waals surface area (Å²) in [6.07, 6.45) is 3.53. The average Bonchev–Trinajstić information content (AvgIpc) is 3.08. The van der Waals surface area contributed by atoms with E-state index in [2.05, 4.69) is 27.8 Å². The number of hydrogen-bond acceptors (Lipinski definition) is 2. The van der Waals surface area contributed by atoms with E-state index in [0.29, 0.717) is 24.6 Å². The maximum absolute atomic E-state index is 11.9. The van der Waals surface area contributed by atoms with Crippen LogP contribution in [0.25, 0.3) is 0 Å². The smallest absolute Gasteiger partial charge is 0.251 e. The van der Waals surface area contributed by atoms with Crippen LogP contribution in [0.5, 0.6) is 0 Å².